The molecular weight excluding hydrogens is 358 g/mol. The van der Waals surface area contributed by atoms with Crippen LogP contribution in [-0.4, -0.2) is 26.8 Å². The normalized spacial score (nSPS) is 14.1. The van der Waals surface area contributed by atoms with Gasteiger partial charge in [-0.15, -0.1) is 5.10 Å². The molecule has 27 heavy (non-hydrogen) atoms. The van der Waals surface area contributed by atoms with Gasteiger partial charge in [-0.05, 0) is 50.3 Å². The van der Waals surface area contributed by atoms with Crippen molar-refractivity contribution < 1.29 is 4.90 Å². The lowest BCUT2D eigenvalue weighted by molar-refractivity contribution is -0.938. The molecule has 0 spiro atoms. The monoisotopic (exact) mass is 384 g/mol. The topological polar surface area (TPSA) is 48.0 Å². The van der Waals surface area contributed by atoms with Crippen LogP contribution in [0.15, 0.2) is 54.6 Å². The van der Waals surface area contributed by atoms with Crippen molar-refractivity contribution in [2.75, 3.05) is 6.54 Å². The van der Waals surface area contributed by atoms with Gasteiger partial charge in [0.1, 0.15) is 6.54 Å². The predicted octanol–water partition coefficient (Wildman–Crippen LogP) is 3.28. The van der Waals surface area contributed by atoms with Gasteiger partial charge in [0, 0.05) is 16.1 Å². The molecule has 1 unspecified atom stereocenters. The summed E-state index contributed by atoms with van der Waals surface area (Å²) in [5.74, 6) is 0.873. The summed E-state index contributed by atoms with van der Waals surface area (Å²) in [6.45, 7) is 10.4. The smallest absolute Gasteiger partial charge is 0.214 e. The van der Waals surface area contributed by atoms with Gasteiger partial charge in [0.25, 0.3) is 0 Å². The maximum Gasteiger partial charge on any atom is 0.214 e. The first-order valence-electron chi connectivity index (χ1n) is 9.33. The molecule has 0 radical (unpaired) electrons. The van der Waals surface area contributed by atoms with Crippen LogP contribution in [-0.2, 0) is 12.1 Å². The van der Waals surface area contributed by atoms with E-state index in [0.29, 0.717) is 0 Å². The SMILES string of the molecule is CC[NH+](Cc1ccccc1)[C@H](c1ccc(Cl)cc1)c1nnnn1C(C)(C)C. The summed E-state index contributed by atoms with van der Waals surface area (Å²) in [5, 5.41) is 13.5. The number of aromatic nitrogens is 4. The predicted molar refractivity (Wildman–Crippen MR) is 108 cm³/mol. The van der Waals surface area contributed by atoms with Gasteiger partial charge in [0.15, 0.2) is 6.04 Å². The lowest BCUT2D eigenvalue weighted by Crippen LogP contribution is -3.11. The van der Waals surface area contributed by atoms with Crippen LogP contribution < -0.4 is 4.90 Å². The third-order valence-electron chi connectivity index (χ3n) is 4.73. The van der Waals surface area contributed by atoms with Crippen LogP contribution in [0.5, 0.6) is 0 Å². The van der Waals surface area contributed by atoms with Gasteiger partial charge in [-0.3, -0.25) is 0 Å². The van der Waals surface area contributed by atoms with Crippen LogP contribution in [0.25, 0.3) is 0 Å². The van der Waals surface area contributed by atoms with Gasteiger partial charge in [-0.2, -0.15) is 0 Å². The summed E-state index contributed by atoms with van der Waals surface area (Å²) in [7, 11) is 0. The van der Waals surface area contributed by atoms with Crippen LogP contribution in [0.4, 0.5) is 0 Å². The van der Waals surface area contributed by atoms with Crippen molar-refractivity contribution in [3.63, 3.8) is 0 Å². The summed E-state index contributed by atoms with van der Waals surface area (Å²) in [6, 6.07) is 18.6. The van der Waals surface area contributed by atoms with E-state index in [1.165, 1.54) is 10.5 Å². The number of benzene rings is 2. The zero-order valence-electron chi connectivity index (χ0n) is 16.4. The van der Waals surface area contributed by atoms with Crippen LogP contribution in [0.1, 0.15) is 50.7 Å². The summed E-state index contributed by atoms with van der Waals surface area (Å²) in [4.78, 5) is 1.38. The zero-order chi connectivity index (χ0) is 19.4. The Kier molecular flexibility index (Phi) is 5.92. The van der Waals surface area contributed by atoms with Gasteiger partial charge in [-0.1, -0.05) is 54.1 Å². The minimum absolute atomic E-state index is 0.0155. The minimum Gasteiger partial charge on any atom is -0.319 e. The average Bonchev–Trinajstić information content (AvgIpc) is 3.13. The molecule has 0 fully saturated rings. The molecule has 2 atom stereocenters. The number of hydrogen-bond donors (Lipinski definition) is 1. The van der Waals surface area contributed by atoms with Gasteiger partial charge in [0.05, 0.1) is 12.1 Å². The highest BCUT2D eigenvalue weighted by molar-refractivity contribution is 6.30. The molecule has 3 aromatic rings. The highest BCUT2D eigenvalue weighted by atomic mass is 35.5. The summed E-state index contributed by atoms with van der Waals surface area (Å²) in [5.41, 5.74) is 2.25. The van der Waals surface area contributed by atoms with Crippen molar-refractivity contribution in [3.05, 3.63) is 76.6 Å². The van der Waals surface area contributed by atoms with Gasteiger partial charge >= 0.3 is 0 Å². The van der Waals surface area contributed by atoms with E-state index in [2.05, 4.69) is 79.6 Å². The van der Waals surface area contributed by atoms with Crippen molar-refractivity contribution >= 4 is 11.6 Å². The highest BCUT2D eigenvalue weighted by Gasteiger charge is 2.33. The summed E-state index contributed by atoms with van der Waals surface area (Å²) < 4.78 is 1.94. The van der Waals surface area contributed by atoms with Gasteiger partial charge < -0.3 is 4.90 Å². The molecule has 0 aliphatic carbocycles. The second-order valence-corrected chi connectivity index (χ2v) is 8.21. The second kappa shape index (κ2) is 8.19. The number of hydrogen-bond acceptors (Lipinski definition) is 3. The molecule has 3 rings (SSSR count). The molecule has 0 aliphatic heterocycles. The van der Waals surface area contributed by atoms with Crippen molar-refractivity contribution in [3.8, 4) is 0 Å². The first kappa shape index (κ1) is 19.5. The number of halogens is 1. The summed E-state index contributed by atoms with van der Waals surface area (Å²) in [6.07, 6.45) is 0. The van der Waals surface area contributed by atoms with E-state index >= 15 is 0 Å². The minimum atomic E-state index is -0.199. The van der Waals surface area contributed by atoms with Crippen molar-refractivity contribution in [1.82, 2.24) is 20.2 Å². The molecule has 0 saturated carbocycles. The Balaban J connectivity index is 2.07. The molecule has 2 aromatic carbocycles. The Labute approximate surface area is 166 Å². The molecule has 0 aliphatic rings. The van der Waals surface area contributed by atoms with E-state index in [1.54, 1.807) is 0 Å². The number of nitrogens with one attached hydrogen (secondary N) is 1. The maximum absolute atomic E-state index is 6.14. The first-order chi connectivity index (χ1) is 12.9. The third-order valence-corrected chi connectivity index (χ3v) is 4.98. The molecule has 6 heteroatoms. The van der Waals surface area contributed by atoms with Gasteiger partial charge in [0.2, 0.25) is 5.82 Å². The van der Waals surface area contributed by atoms with E-state index in [9.17, 15) is 0 Å². The molecule has 1 N–H and O–H groups in total. The fourth-order valence-electron chi connectivity index (χ4n) is 3.36. The lowest BCUT2D eigenvalue weighted by atomic mass is 10.0. The zero-order valence-corrected chi connectivity index (χ0v) is 17.1. The number of tetrazole rings is 1. The van der Waals surface area contributed by atoms with Crippen molar-refractivity contribution in [2.24, 2.45) is 0 Å². The number of nitrogens with zero attached hydrogens (tertiary/aromatic N) is 4. The Hall–Kier alpha value is -2.24. The lowest BCUT2D eigenvalue weighted by Gasteiger charge is -2.30. The molecule has 0 saturated heterocycles. The molecule has 1 heterocycles. The third kappa shape index (κ3) is 4.54. The van der Waals surface area contributed by atoms with Gasteiger partial charge in [-0.25, -0.2) is 4.68 Å². The molecule has 0 bridgehead atoms. The van der Waals surface area contributed by atoms with E-state index in [-0.39, 0.29) is 11.6 Å². The Morgan fingerprint density at radius 1 is 1.04 bits per heavy atom. The average molecular weight is 385 g/mol. The second-order valence-electron chi connectivity index (χ2n) is 7.78. The fraction of sp³-hybridized carbons (Fsp3) is 0.381. The largest absolute Gasteiger partial charge is 0.319 e. The van der Waals surface area contributed by atoms with Crippen LogP contribution >= 0.6 is 11.6 Å². The molecule has 142 valence electrons. The highest BCUT2D eigenvalue weighted by Crippen LogP contribution is 2.23. The number of quaternary nitrogens is 1. The van der Waals surface area contributed by atoms with Crippen LogP contribution in [0.2, 0.25) is 5.02 Å². The Morgan fingerprint density at radius 2 is 1.70 bits per heavy atom. The first-order valence-corrected chi connectivity index (χ1v) is 9.70. The van der Waals surface area contributed by atoms with E-state index in [4.69, 9.17) is 11.6 Å². The van der Waals surface area contributed by atoms with Crippen molar-refractivity contribution in [1.29, 1.82) is 0 Å². The Morgan fingerprint density at radius 3 is 2.30 bits per heavy atom. The number of rotatable bonds is 6. The maximum atomic E-state index is 6.14. The molecule has 1 aromatic heterocycles. The van der Waals surface area contributed by atoms with E-state index < -0.39 is 0 Å². The van der Waals surface area contributed by atoms with Crippen LogP contribution in [0.3, 0.4) is 0 Å². The molecule has 5 nitrogen and oxygen atoms in total. The fourth-order valence-corrected chi connectivity index (χ4v) is 3.49. The van der Waals surface area contributed by atoms with E-state index in [0.717, 1.165) is 29.5 Å². The molecular formula is C21H27ClN5+. The Bertz CT molecular complexity index is 852. The summed E-state index contributed by atoms with van der Waals surface area (Å²) >= 11 is 6.14. The van der Waals surface area contributed by atoms with Crippen molar-refractivity contribution in [2.45, 2.75) is 45.8 Å². The quantitative estimate of drug-likeness (QED) is 0.709. The standard InChI is InChI=1S/C21H26ClN5/c1-5-26(15-16-9-7-6-8-10-16)19(17-11-13-18(22)14-12-17)20-23-24-25-27(20)21(2,3)4/h6-14,19H,5,15H2,1-4H3/p+1/t19-/m1/s1. The van der Waals surface area contributed by atoms with Crippen LogP contribution in [0, 0.1) is 0 Å². The molecule has 0 amide bonds. The van der Waals surface area contributed by atoms with E-state index in [1.807, 2.05) is 22.9 Å².